The van der Waals surface area contributed by atoms with Gasteiger partial charge in [-0.05, 0) is 5.57 Å². The summed E-state index contributed by atoms with van der Waals surface area (Å²) in [5.74, 6) is 0.318. The third-order valence-corrected chi connectivity index (χ3v) is 1.98. The topological polar surface area (TPSA) is 34.9 Å². The van der Waals surface area contributed by atoms with Crippen LogP contribution in [0.3, 0.4) is 0 Å². The molecule has 0 N–H and O–H groups in total. The van der Waals surface area contributed by atoms with Crippen LogP contribution in [0.5, 0.6) is 0 Å². The molecule has 13 heavy (non-hydrogen) atoms. The average molecular weight is 219 g/mol. The zero-order valence-corrected chi connectivity index (χ0v) is 8.35. The summed E-state index contributed by atoms with van der Waals surface area (Å²) in [7, 11) is 0. The van der Waals surface area contributed by atoms with Gasteiger partial charge >= 0.3 is 5.69 Å². The van der Waals surface area contributed by atoms with E-state index in [9.17, 15) is 4.79 Å². The molecule has 1 heterocycles. The molecule has 0 unspecified atom stereocenters. The standard InChI is InChI=1S/C8H8Cl2N2O/c1-6(2-9)4-12-5-7(10)3-11-8(12)13/h3,5H,1-2,4H2. The van der Waals surface area contributed by atoms with Crippen LogP contribution < -0.4 is 5.69 Å². The van der Waals surface area contributed by atoms with E-state index in [4.69, 9.17) is 23.2 Å². The summed E-state index contributed by atoms with van der Waals surface area (Å²) < 4.78 is 1.37. The van der Waals surface area contributed by atoms with Gasteiger partial charge in [0.25, 0.3) is 0 Å². The van der Waals surface area contributed by atoms with Crippen molar-refractivity contribution in [1.82, 2.24) is 9.55 Å². The average Bonchev–Trinajstić information content (AvgIpc) is 2.11. The predicted octanol–water partition coefficient (Wildman–Crippen LogP) is 1.69. The van der Waals surface area contributed by atoms with Crippen LogP contribution in [-0.2, 0) is 6.54 Å². The van der Waals surface area contributed by atoms with E-state index in [1.54, 1.807) is 0 Å². The van der Waals surface area contributed by atoms with E-state index in [-0.39, 0.29) is 5.69 Å². The molecule has 1 aromatic rings. The maximum absolute atomic E-state index is 11.1. The smallest absolute Gasteiger partial charge is 0.294 e. The summed E-state index contributed by atoms with van der Waals surface area (Å²) in [6, 6.07) is 0. The van der Waals surface area contributed by atoms with Crippen molar-refractivity contribution in [3.8, 4) is 0 Å². The van der Waals surface area contributed by atoms with E-state index in [0.717, 1.165) is 5.57 Å². The molecule has 0 aliphatic heterocycles. The first-order chi connectivity index (χ1) is 6.13. The SMILES string of the molecule is C=C(CCl)Cn1cc(Cl)cnc1=O. The van der Waals surface area contributed by atoms with Crippen LogP contribution in [0.4, 0.5) is 0 Å². The lowest BCUT2D eigenvalue weighted by Crippen LogP contribution is -2.22. The van der Waals surface area contributed by atoms with Gasteiger partial charge in [-0.15, -0.1) is 11.6 Å². The van der Waals surface area contributed by atoms with Crippen molar-refractivity contribution in [3.05, 3.63) is 40.1 Å². The zero-order valence-electron chi connectivity index (χ0n) is 6.83. The predicted molar refractivity (Wildman–Crippen MR) is 53.4 cm³/mol. The molecule has 3 nitrogen and oxygen atoms in total. The van der Waals surface area contributed by atoms with Gasteiger partial charge in [0.1, 0.15) is 0 Å². The number of allylic oxidation sites excluding steroid dienone is 1. The second-order valence-electron chi connectivity index (χ2n) is 2.57. The fourth-order valence-corrected chi connectivity index (χ4v) is 1.08. The minimum absolute atomic E-state index is 0.318. The molecular weight excluding hydrogens is 211 g/mol. The third-order valence-electron chi connectivity index (χ3n) is 1.41. The lowest BCUT2D eigenvalue weighted by molar-refractivity contribution is 0.719. The maximum atomic E-state index is 11.1. The Morgan fingerprint density at radius 1 is 1.69 bits per heavy atom. The van der Waals surface area contributed by atoms with Crippen LogP contribution in [0.2, 0.25) is 5.02 Å². The molecule has 0 aliphatic rings. The van der Waals surface area contributed by atoms with Crippen molar-refractivity contribution in [2.24, 2.45) is 0 Å². The van der Waals surface area contributed by atoms with Gasteiger partial charge in [0, 0.05) is 18.6 Å². The molecule has 0 radical (unpaired) electrons. The maximum Gasteiger partial charge on any atom is 0.347 e. The van der Waals surface area contributed by atoms with Crippen molar-refractivity contribution in [3.63, 3.8) is 0 Å². The van der Waals surface area contributed by atoms with Crippen LogP contribution in [0.15, 0.2) is 29.3 Å². The molecule has 0 spiro atoms. The molecule has 0 amide bonds. The van der Waals surface area contributed by atoms with Gasteiger partial charge in [-0.3, -0.25) is 4.57 Å². The number of hydrogen-bond acceptors (Lipinski definition) is 2. The van der Waals surface area contributed by atoms with E-state index < -0.39 is 0 Å². The minimum atomic E-state index is -0.351. The molecular formula is C8H8Cl2N2O. The van der Waals surface area contributed by atoms with Crippen molar-refractivity contribution < 1.29 is 0 Å². The second kappa shape index (κ2) is 4.44. The molecule has 0 bridgehead atoms. The molecule has 0 aliphatic carbocycles. The Kier molecular flexibility index (Phi) is 3.51. The van der Waals surface area contributed by atoms with Gasteiger partial charge in [-0.2, -0.15) is 0 Å². The van der Waals surface area contributed by atoms with Gasteiger partial charge in [0.05, 0.1) is 11.2 Å². The fourth-order valence-electron chi connectivity index (χ4n) is 0.825. The number of aromatic nitrogens is 2. The summed E-state index contributed by atoms with van der Waals surface area (Å²) in [5, 5.41) is 0.418. The summed E-state index contributed by atoms with van der Waals surface area (Å²) >= 11 is 11.2. The largest absolute Gasteiger partial charge is 0.347 e. The highest BCUT2D eigenvalue weighted by Gasteiger charge is 1.99. The van der Waals surface area contributed by atoms with Crippen molar-refractivity contribution >= 4 is 23.2 Å². The first-order valence-electron chi connectivity index (χ1n) is 3.58. The number of nitrogens with zero attached hydrogens (tertiary/aromatic N) is 2. The Morgan fingerprint density at radius 3 is 3.00 bits per heavy atom. The number of rotatable bonds is 3. The molecule has 70 valence electrons. The molecule has 0 atom stereocenters. The van der Waals surface area contributed by atoms with E-state index in [2.05, 4.69) is 11.6 Å². The first kappa shape index (κ1) is 10.3. The minimum Gasteiger partial charge on any atom is -0.294 e. The van der Waals surface area contributed by atoms with Crippen molar-refractivity contribution in [2.45, 2.75) is 6.54 Å². The summed E-state index contributed by atoms with van der Waals surface area (Å²) in [5.41, 5.74) is 0.392. The van der Waals surface area contributed by atoms with Crippen molar-refractivity contribution in [1.29, 1.82) is 0 Å². The Balaban J connectivity index is 2.94. The number of halogens is 2. The van der Waals surface area contributed by atoms with Gasteiger partial charge in [0.15, 0.2) is 0 Å². The van der Waals surface area contributed by atoms with Gasteiger partial charge in [-0.25, -0.2) is 9.78 Å². The second-order valence-corrected chi connectivity index (χ2v) is 3.27. The normalized spacial score (nSPS) is 10.0. The lowest BCUT2D eigenvalue weighted by Gasteiger charge is -2.04. The molecule has 1 rings (SSSR count). The summed E-state index contributed by atoms with van der Waals surface area (Å²) in [4.78, 5) is 14.7. The quantitative estimate of drug-likeness (QED) is 0.572. The lowest BCUT2D eigenvalue weighted by atomic mass is 10.3. The highest BCUT2D eigenvalue weighted by atomic mass is 35.5. The van der Waals surface area contributed by atoms with Gasteiger partial charge in [0.2, 0.25) is 0 Å². The zero-order chi connectivity index (χ0) is 9.84. The van der Waals surface area contributed by atoms with Crippen molar-refractivity contribution in [2.75, 3.05) is 5.88 Å². The molecule has 0 fully saturated rings. The van der Waals surface area contributed by atoms with Gasteiger partial charge in [-0.1, -0.05) is 18.2 Å². The fraction of sp³-hybridized carbons (Fsp3) is 0.250. The monoisotopic (exact) mass is 218 g/mol. The van der Waals surface area contributed by atoms with Crippen LogP contribution in [0.1, 0.15) is 0 Å². The highest BCUT2D eigenvalue weighted by molar-refractivity contribution is 6.30. The van der Waals surface area contributed by atoms with Gasteiger partial charge < -0.3 is 0 Å². The Morgan fingerprint density at radius 2 is 2.38 bits per heavy atom. The molecule has 5 heteroatoms. The van der Waals surface area contributed by atoms with Crippen LogP contribution in [0, 0.1) is 0 Å². The van der Waals surface area contributed by atoms with Crippen LogP contribution >= 0.6 is 23.2 Å². The molecule has 0 aromatic carbocycles. The molecule has 0 saturated carbocycles. The molecule has 1 aromatic heterocycles. The van der Waals surface area contributed by atoms with Crippen LogP contribution in [-0.4, -0.2) is 15.4 Å². The van der Waals surface area contributed by atoms with E-state index >= 15 is 0 Å². The summed E-state index contributed by atoms with van der Waals surface area (Å²) in [6.45, 7) is 4.03. The Labute approximate surface area is 85.6 Å². The summed E-state index contributed by atoms with van der Waals surface area (Å²) in [6.07, 6.45) is 2.82. The van der Waals surface area contributed by atoms with Crippen LogP contribution in [0.25, 0.3) is 0 Å². The number of alkyl halides is 1. The Hall–Kier alpha value is -0.800. The third kappa shape index (κ3) is 2.86. The van der Waals surface area contributed by atoms with E-state index in [0.29, 0.717) is 17.4 Å². The Bertz CT molecular complexity index is 373. The van der Waals surface area contributed by atoms with E-state index in [1.807, 2.05) is 0 Å². The van der Waals surface area contributed by atoms with E-state index in [1.165, 1.54) is 17.0 Å². The highest BCUT2D eigenvalue weighted by Crippen LogP contribution is 2.03. The number of hydrogen-bond donors (Lipinski definition) is 0. The first-order valence-corrected chi connectivity index (χ1v) is 4.49. The molecule has 0 saturated heterocycles.